The van der Waals surface area contributed by atoms with Gasteiger partial charge in [-0.2, -0.15) is 5.10 Å². The van der Waals surface area contributed by atoms with Crippen LogP contribution >= 0.6 is 0 Å². The average Bonchev–Trinajstić information content (AvgIpc) is 2.38. The van der Waals surface area contributed by atoms with Crippen molar-refractivity contribution in [3.63, 3.8) is 0 Å². The zero-order chi connectivity index (χ0) is 14.9. The molecule has 0 aliphatic carbocycles. The van der Waals surface area contributed by atoms with E-state index in [0.29, 0.717) is 11.3 Å². The maximum absolute atomic E-state index is 12.1. The topological polar surface area (TPSA) is 121 Å². The Morgan fingerprint density at radius 3 is 2.65 bits per heavy atom. The molecule has 1 atom stereocenters. The molecular weight excluding hydrogens is 264 g/mol. The predicted octanol–water partition coefficient (Wildman–Crippen LogP) is -1.08. The highest BCUT2D eigenvalue weighted by Crippen LogP contribution is 2.08. The van der Waals surface area contributed by atoms with Crippen LogP contribution in [0.4, 0.5) is 0 Å². The largest absolute Gasteiger partial charge is 0.340 e. The van der Waals surface area contributed by atoms with E-state index in [2.05, 4.69) is 20.8 Å². The Labute approximate surface area is 113 Å². The second-order valence-corrected chi connectivity index (χ2v) is 4.62. The van der Waals surface area contributed by atoms with Crippen LogP contribution in [0.25, 0.3) is 0 Å². The first-order chi connectivity index (χ1) is 9.40. The van der Waals surface area contributed by atoms with Crippen molar-refractivity contribution < 1.29 is 14.4 Å². The van der Waals surface area contributed by atoms with Gasteiger partial charge in [0.2, 0.25) is 11.8 Å². The highest BCUT2D eigenvalue weighted by molar-refractivity contribution is 6.04. The van der Waals surface area contributed by atoms with Crippen molar-refractivity contribution in [2.45, 2.75) is 32.7 Å². The van der Waals surface area contributed by atoms with Gasteiger partial charge in [-0.3, -0.25) is 24.5 Å². The summed E-state index contributed by atoms with van der Waals surface area (Å²) in [6.45, 7) is 3.27. The summed E-state index contributed by atoms with van der Waals surface area (Å²) in [7, 11) is 0. The summed E-state index contributed by atoms with van der Waals surface area (Å²) in [6.07, 6.45) is 0.374. The third-order valence-corrected chi connectivity index (χ3v) is 3.24. The van der Waals surface area contributed by atoms with Crippen LogP contribution in [0.3, 0.4) is 0 Å². The van der Waals surface area contributed by atoms with Crippen molar-refractivity contribution in [1.82, 2.24) is 20.8 Å². The molecule has 3 amide bonds. The molecule has 1 unspecified atom stereocenters. The predicted molar refractivity (Wildman–Crippen MR) is 68.0 cm³/mol. The Morgan fingerprint density at radius 1 is 1.30 bits per heavy atom. The number of aromatic nitrogens is 2. The second kappa shape index (κ2) is 5.24. The van der Waals surface area contributed by atoms with Crippen LogP contribution in [0.5, 0.6) is 0 Å². The highest BCUT2D eigenvalue weighted by atomic mass is 16.2. The Morgan fingerprint density at radius 2 is 2.00 bits per heavy atom. The Balaban J connectivity index is 2.21. The van der Waals surface area contributed by atoms with E-state index in [1.165, 1.54) is 0 Å². The lowest BCUT2D eigenvalue weighted by Gasteiger charge is -2.21. The zero-order valence-corrected chi connectivity index (χ0v) is 11.1. The number of carbonyl (C=O) groups excluding carboxylic acids is 3. The summed E-state index contributed by atoms with van der Waals surface area (Å²) in [4.78, 5) is 46.4. The molecule has 1 aromatic rings. The molecular formula is C12H14N4O4. The van der Waals surface area contributed by atoms with E-state index in [9.17, 15) is 19.2 Å². The van der Waals surface area contributed by atoms with E-state index < -0.39 is 23.4 Å². The van der Waals surface area contributed by atoms with Gasteiger partial charge >= 0.3 is 0 Å². The van der Waals surface area contributed by atoms with Gasteiger partial charge in [-0.05, 0) is 25.8 Å². The van der Waals surface area contributed by atoms with Crippen molar-refractivity contribution in [2.24, 2.45) is 0 Å². The summed E-state index contributed by atoms with van der Waals surface area (Å²) in [5.41, 5.74) is 0.302. The number of piperidine rings is 1. The van der Waals surface area contributed by atoms with Crippen LogP contribution in [0, 0.1) is 13.8 Å². The van der Waals surface area contributed by atoms with Gasteiger partial charge in [0.05, 0.1) is 5.69 Å². The molecule has 0 radical (unpaired) electrons. The van der Waals surface area contributed by atoms with E-state index in [0.717, 1.165) is 0 Å². The van der Waals surface area contributed by atoms with Gasteiger partial charge < -0.3 is 5.32 Å². The van der Waals surface area contributed by atoms with Crippen molar-refractivity contribution in [2.75, 3.05) is 0 Å². The van der Waals surface area contributed by atoms with Gasteiger partial charge in [0, 0.05) is 6.42 Å². The standard InChI is InChI=1S/C12H14N4O4/c1-5-6(2)15-16-12(20)9(5)11(19)13-7-3-4-8(17)14-10(7)18/h7H,3-4H2,1-2H3,(H,13,19)(H,16,20)(H,14,17,18). The number of rotatable bonds is 2. The van der Waals surface area contributed by atoms with E-state index in [1.807, 2.05) is 0 Å². The van der Waals surface area contributed by atoms with Crippen LogP contribution in [0.2, 0.25) is 0 Å². The molecule has 106 valence electrons. The smallest absolute Gasteiger partial charge is 0.277 e. The minimum atomic E-state index is -0.813. The minimum absolute atomic E-state index is 0.0674. The molecule has 1 fully saturated rings. The SMILES string of the molecule is Cc1n[nH]c(=O)c(C(=O)NC2CCC(=O)NC2=O)c1C. The first-order valence-electron chi connectivity index (χ1n) is 6.10. The summed E-state index contributed by atoms with van der Waals surface area (Å²) < 4.78 is 0. The molecule has 8 nitrogen and oxygen atoms in total. The lowest BCUT2D eigenvalue weighted by molar-refractivity contribution is -0.134. The van der Waals surface area contributed by atoms with E-state index in [-0.39, 0.29) is 24.3 Å². The number of nitrogens with one attached hydrogen (secondary N) is 3. The molecule has 20 heavy (non-hydrogen) atoms. The van der Waals surface area contributed by atoms with Gasteiger partial charge in [0.15, 0.2) is 0 Å². The van der Waals surface area contributed by atoms with Gasteiger partial charge in [0.25, 0.3) is 11.5 Å². The number of aryl methyl sites for hydroxylation is 1. The lowest BCUT2D eigenvalue weighted by atomic mass is 10.0. The lowest BCUT2D eigenvalue weighted by Crippen LogP contribution is -2.53. The molecule has 3 N–H and O–H groups in total. The molecule has 2 heterocycles. The van der Waals surface area contributed by atoms with Gasteiger partial charge in [-0.1, -0.05) is 0 Å². The third-order valence-electron chi connectivity index (χ3n) is 3.24. The van der Waals surface area contributed by atoms with Crippen molar-refractivity contribution >= 4 is 17.7 Å². The first kappa shape index (κ1) is 13.9. The number of amides is 3. The van der Waals surface area contributed by atoms with Gasteiger partial charge in [0.1, 0.15) is 11.6 Å². The van der Waals surface area contributed by atoms with E-state index >= 15 is 0 Å². The molecule has 0 saturated carbocycles. The average molecular weight is 278 g/mol. The molecule has 0 bridgehead atoms. The maximum Gasteiger partial charge on any atom is 0.277 e. The summed E-state index contributed by atoms with van der Waals surface area (Å²) in [5.74, 6) is -1.58. The Kier molecular flexibility index (Phi) is 3.64. The molecule has 8 heteroatoms. The fourth-order valence-corrected chi connectivity index (χ4v) is 1.96. The van der Waals surface area contributed by atoms with Crippen LogP contribution in [-0.2, 0) is 9.59 Å². The molecule has 2 rings (SSSR count). The number of H-pyrrole nitrogens is 1. The number of nitrogens with zero attached hydrogens (tertiary/aromatic N) is 1. The fraction of sp³-hybridized carbons (Fsp3) is 0.417. The fourth-order valence-electron chi connectivity index (χ4n) is 1.96. The second-order valence-electron chi connectivity index (χ2n) is 4.62. The monoisotopic (exact) mass is 278 g/mol. The van der Waals surface area contributed by atoms with Gasteiger partial charge in [-0.25, -0.2) is 5.10 Å². The molecule has 1 saturated heterocycles. The van der Waals surface area contributed by atoms with Crippen molar-refractivity contribution in [1.29, 1.82) is 0 Å². The number of hydrogen-bond acceptors (Lipinski definition) is 5. The van der Waals surface area contributed by atoms with Crippen LogP contribution in [-0.4, -0.2) is 34.0 Å². The third kappa shape index (κ3) is 2.58. The zero-order valence-electron chi connectivity index (χ0n) is 11.1. The van der Waals surface area contributed by atoms with Crippen LogP contribution < -0.4 is 16.2 Å². The maximum atomic E-state index is 12.1. The minimum Gasteiger partial charge on any atom is -0.340 e. The Hall–Kier alpha value is -2.51. The van der Waals surface area contributed by atoms with Crippen LogP contribution in [0.1, 0.15) is 34.5 Å². The molecule has 1 aliphatic rings. The van der Waals surface area contributed by atoms with Gasteiger partial charge in [-0.15, -0.1) is 0 Å². The van der Waals surface area contributed by atoms with E-state index in [1.54, 1.807) is 13.8 Å². The summed E-state index contributed by atoms with van der Waals surface area (Å²) in [6, 6.07) is -0.813. The number of hydrogen-bond donors (Lipinski definition) is 3. The van der Waals surface area contributed by atoms with Crippen molar-refractivity contribution in [3.05, 3.63) is 27.2 Å². The Bertz CT molecular complexity index is 649. The molecule has 1 aromatic heterocycles. The normalized spacial score (nSPS) is 18.6. The van der Waals surface area contributed by atoms with E-state index in [4.69, 9.17) is 0 Å². The number of carbonyl (C=O) groups is 3. The van der Waals surface area contributed by atoms with Crippen molar-refractivity contribution in [3.8, 4) is 0 Å². The molecule has 0 aromatic carbocycles. The molecule has 0 spiro atoms. The number of imide groups is 1. The highest BCUT2D eigenvalue weighted by Gasteiger charge is 2.29. The number of aromatic amines is 1. The molecule has 1 aliphatic heterocycles. The summed E-state index contributed by atoms with van der Waals surface area (Å²) in [5, 5.41) is 10.6. The first-order valence-corrected chi connectivity index (χ1v) is 6.10. The van der Waals surface area contributed by atoms with Crippen LogP contribution in [0.15, 0.2) is 4.79 Å². The summed E-state index contributed by atoms with van der Waals surface area (Å²) >= 11 is 0. The quantitative estimate of drug-likeness (QED) is 0.594.